The first-order chi connectivity index (χ1) is 16.6. The predicted octanol–water partition coefficient (Wildman–Crippen LogP) is 3.77. The molecule has 1 aliphatic rings. The Labute approximate surface area is 199 Å². The van der Waals surface area contributed by atoms with Crippen LogP contribution in [-0.2, 0) is 6.42 Å². The lowest BCUT2D eigenvalue weighted by atomic mass is 10.0. The largest absolute Gasteiger partial charge is 0.340 e. The SMILES string of the molecule is Cc1cc(-c2cnc([C@@H]3CCc4cc(-c5cc(Cl)ccc5-n5cnnn5)cc(=O)n43)[nH]2)ccn1. The summed E-state index contributed by atoms with van der Waals surface area (Å²) >= 11 is 6.29. The van der Waals surface area contributed by atoms with E-state index in [-0.39, 0.29) is 11.6 Å². The molecule has 0 saturated carbocycles. The van der Waals surface area contributed by atoms with Crippen molar-refractivity contribution in [2.24, 2.45) is 0 Å². The van der Waals surface area contributed by atoms with Crippen LogP contribution >= 0.6 is 11.6 Å². The lowest BCUT2D eigenvalue weighted by molar-refractivity contribution is 0.572. The van der Waals surface area contributed by atoms with Gasteiger partial charge in [-0.2, -0.15) is 4.68 Å². The van der Waals surface area contributed by atoms with Gasteiger partial charge in [0.05, 0.1) is 23.6 Å². The summed E-state index contributed by atoms with van der Waals surface area (Å²) in [6, 6.07) is 12.9. The fraction of sp³-hybridized carbons (Fsp3) is 0.167. The van der Waals surface area contributed by atoms with Crippen molar-refractivity contribution < 1.29 is 0 Å². The summed E-state index contributed by atoms with van der Waals surface area (Å²) in [5, 5.41) is 12.0. The molecule has 5 aromatic rings. The molecule has 34 heavy (non-hydrogen) atoms. The lowest BCUT2D eigenvalue weighted by Crippen LogP contribution is -2.23. The fourth-order valence-corrected chi connectivity index (χ4v) is 4.76. The number of tetrazole rings is 1. The molecule has 168 valence electrons. The molecule has 4 aromatic heterocycles. The summed E-state index contributed by atoms with van der Waals surface area (Å²) in [5.41, 5.74) is 6.03. The van der Waals surface area contributed by atoms with Gasteiger partial charge in [-0.15, -0.1) is 5.10 Å². The van der Waals surface area contributed by atoms with Gasteiger partial charge >= 0.3 is 0 Å². The number of H-pyrrole nitrogens is 1. The van der Waals surface area contributed by atoms with Gasteiger partial charge in [-0.1, -0.05) is 11.6 Å². The second-order valence-electron chi connectivity index (χ2n) is 8.28. The number of nitrogens with one attached hydrogen (secondary N) is 1. The number of nitrogens with zero attached hydrogens (tertiary/aromatic N) is 7. The molecule has 0 spiro atoms. The first-order valence-electron chi connectivity index (χ1n) is 10.8. The number of aromatic nitrogens is 8. The second kappa shape index (κ2) is 8.03. The Hall–Kier alpha value is -4.11. The summed E-state index contributed by atoms with van der Waals surface area (Å²) in [5.74, 6) is 0.773. The highest BCUT2D eigenvalue weighted by Crippen LogP contribution is 2.34. The fourth-order valence-electron chi connectivity index (χ4n) is 4.59. The van der Waals surface area contributed by atoms with Crippen molar-refractivity contribution in [1.29, 1.82) is 0 Å². The van der Waals surface area contributed by atoms with Crippen LogP contribution in [0.3, 0.4) is 0 Å². The van der Waals surface area contributed by atoms with Crippen LogP contribution in [0.1, 0.15) is 29.7 Å². The van der Waals surface area contributed by atoms with Gasteiger partial charge in [-0.05, 0) is 72.2 Å². The maximum Gasteiger partial charge on any atom is 0.252 e. The summed E-state index contributed by atoms with van der Waals surface area (Å²) in [4.78, 5) is 25.6. The predicted molar refractivity (Wildman–Crippen MR) is 127 cm³/mol. The number of halogens is 1. The first kappa shape index (κ1) is 20.5. The Morgan fingerprint density at radius 2 is 2.00 bits per heavy atom. The molecule has 0 radical (unpaired) electrons. The van der Waals surface area contributed by atoms with E-state index in [1.807, 2.05) is 48.0 Å². The molecule has 0 fully saturated rings. The van der Waals surface area contributed by atoms with Gasteiger partial charge in [0.15, 0.2) is 0 Å². The van der Waals surface area contributed by atoms with E-state index >= 15 is 0 Å². The highest BCUT2D eigenvalue weighted by molar-refractivity contribution is 6.31. The zero-order valence-electron chi connectivity index (χ0n) is 18.2. The van der Waals surface area contributed by atoms with E-state index in [9.17, 15) is 4.79 Å². The van der Waals surface area contributed by atoms with Crippen LogP contribution in [-0.4, -0.2) is 39.7 Å². The van der Waals surface area contributed by atoms with Crippen molar-refractivity contribution in [3.8, 4) is 28.1 Å². The molecule has 1 N–H and O–H groups in total. The van der Waals surface area contributed by atoms with Crippen LogP contribution in [0.2, 0.25) is 5.02 Å². The van der Waals surface area contributed by atoms with Crippen LogP contribution in [0, 0.1) is 6.92 Å². The number of aromatic amines is 1. The number of hydrogen-bond donors (Lipinski definition) is 1. The number of imidazole rings is 1. The van der Waals surface area contributed by atoms with Gasteiger partial charge in [0.2, 0.25) is 0 Å². The van der Waals surface area contributed by atoms with Crippen molar-refractivity contribution in [1.82, 2.24) is 39.7 Å². The number of aryl methyl sites for hydroxylation is 2. The average Bonchev–Trinajstić information content (AvgIpc) is 3.59. The van der Waals surface area contributed by atoms with Gasteiger partial charge < -0.3 is 9.55 Å². The Kier molecular flexibility index (Phi) is 4.84. The van der Waals surface area contributed by atoms with E-state index in [0.717, 1.165) is 58.1 Å². The molecule has 9 nitrogen and oxygen atoms in total. The van der Waals surface area contributed by atoms with Crippen LogP contribution < -0.4 is 5.56 Å². The third-order valence-electron chi connectivity index (χ3n) is 6.12. The first-order valence-corrected chi connectivity index (χ1v) is 11.2. The third-order valence-corrected chi connectivity index (χ3v) is 6.35. The van der Waals surface area contributed by atoms with E-state index in [4.69, 9.17) is 11.6 Å². The minimum Gasteiger partial charge on any atom is -0.340 e. The molecule has 1 atom stereocenters. The Morgan fingerprint density at radius 3 is 2.82 bits per heavy atom. The zero-order chi connectivity index (χ0) is 23.2. The molecule has 1 aliphatic heterocycles. The van der Waals surface area contributed by atoms with E-state index < -0.39 is 0 Å². The number of pyridine rings is 2. The molecule has 1 aromatic carbocycles. The molecule has 0 unspecified atom stereocenters. The molecule has 0 amide bonds. The minimum absolute atomic E-state index is 0.0876. The minimum atomic E-state index is -0.147. The standard InChI is InChI=1S/C24H19ClN8O/c1-14-8-15(6-7-26-14)20-12-27-24(29-20)22-5-3-18-9-16(10-23(34)33(18)22)19-11-17(25)2-4-21(19)32-13-28-30-31-32/h2,4,6-13,22H,3,5H2,1H3,(H,27,29)/t22-/m0/s1. The number of hydrogen-bond acceptors (Lipinski definition) is 6. The molecular formula is C24H19ClN8O. The van der Waals surface area contributed by atoms with Gasteiger partial charge in [0, 0.05) is 39.8 Å². The van der Waals surface area contributed by atoms with Crippen molar-refractivity contribution in [2.75, 3.05) is 0 Å². The van der Waals surface area contributed by atoms with Crippen molar-refractivity contribution >= 4 is 11.6 Å². The second-order valence-corrected chi connectivity index (χ2v) is 8.72. The maximum absolute atomic E-state index is 13.3. The van der Waals surface area contributed by atoms with Gasteiger partial charge in [-0.25, -0.2) is 4.98 Å². The van der Waals surface area contributed by atoms with Crippen LogP contribution in [0.25, 0.3) is 28.1 Å². The van der Waals surface area contributed by atoms with Crippen molar-refractivity contribution in [2.45, 2.75) is 25.8 Å². The monoisotopic (exact) mass is 470 g/mol. The Balaban J connectivity index is 1.39. The molecule has 5 heterocycles. The molecular weight excluding hydrogens is 452 g/mol. The van der Waals surface area contributed by atoms with Gasteiger partial charge in [0.1, 0.15) is 12.2 Å². The van der Waals surface area contributed by atoms with Gasteiger partial charge in [0.25, 0.3) is 5.56 Å². The summed E-state index contributed by atoms with van der Waals surface area (Å²) in [6.45, 7) is 1.95. The maximum atomic E-state index is 13.3. The normalized spacial score (nSPS) is 14.9. The van der Waals surface area contributed by atoms with Crippen molar-refractivity contribution in [3.63, 3.8) is 0 Å². The Morgan fingerprint density at radius 1 is 1.09 bits per heavy atom. The lowest BCUT2D eigenvalue weighted by Gasteiger charge is -2.15. The summed E-state index contributed by atoms with van der Waals surface area (Å²) in [7, 11) is 0. The number of fused-ring (bicyclic) bond motifs is 1. The number of rotatable bonds is 4. The molecule has 0 bridgehead atoms. The van der Waals surface area contributed by atoms with Crippen LogP contribution in [0.4, 0.5) is 0 Å². The average molecular weight is 471 g/mol. The quantitative estimate of drug-likeness (QED) is 0.428. The smallest absolute Gasteiger partial charge is 0.252 e. The summed E-state index contributed by atoms with van der Waals surface area (Å²) < 4.78 is 3.38. The van der Waals surface area contributed by atoms with Gasteiger partial charge in [-0.3, -0.25) is 9.78 Å². The summed E-state index contributed by atoms with van der Waals surface area (Å²) in [6.07, 6.45) is 6.66. The molecule has 0 saturated heterocycles. The Bertz CT molecular complexity index is 1570. The molecule has 6 rings (SSSR count). The highest BCUT2D eigenvalue weighted by Gasteiger charge is 2.28. The molecule has 10 heteroatoms. The van der Waals surface area contributed by atoms with Crippen LogP contribution in [0.5, 0.6) is 0 Å². The van der Waals surface area contributed by atoms with Crippen LogP contribution in [0.15, 0.2) is 66.0 Å². The highest BCUT2D eigenvalue weighted by atomic mass is 35.5. The van der Waals surface area contributed by atoms with Crippen molar-refractivity contribution in [3.05, 3.63) is 93.8 Å². The van der Waals surface area contributed by atoms with E-state index in [2.05, 4.69) is 30.5 Å². The third kappa shape index (κ3) is 3.50. The molecule has 0 aliphatic carbocycles. The van der Waals surface area contributed by atoms with E-state index in [0.29, 0.717) is 5.02 Å². The zero-order valence-corrected chi connectivity index (χ0v) is 18.9. The topological polar surface area (TPSA) is 107 Å². The number of benzene rings is 1. The van der Waals surface area contributed by atoms with E-state index in [1.165, 1.54) is 6.33 Å². The van der Waals surface area contributed by atoms with E-state index in [1.54, 1.807) is 23.0 Å².